The second-order valence-corrected chi connectivity index (χ2v) is 20.7. The predicted octanol–water partition coefficient (Wildman–Crippen LogP) is 17.4. The first kappa shape index (κ1) is 66.0. The highest BCUT2D eigenvalue weighted by Crippen LogP contribution is 2.42. The van der Waals surface area contributed by atoms with E-state index in [-0.39, 0.29) is 32.1 Å². The van der Waals surface area contributed by atoms with E-state index in [9.17, 15) is 24.2 Å². The molecule has 0 aliphatic rings. The SMILES string of the molecule is CCCCC/C=C\C/C=C\C/C=C\C/C=C\CCCCCCCCCC(=O)OCC(O)COP(=O)(O)OCCNC(=O)CCCCCCCCCCCCCCCCCCCCCCCCCC. The van der Waals surface area contributed by atoms with Crippen molar-refractivity contribution >= 4 is 19.7 Å². The molecule has 0 rings (SSSR count). The van der Waals surface area contributed by atoms with Crippen molar-refractivity contribution in [1.82, 2.24) is 5.32 Å². The number of carbonyl (C=O) groups excluding carboxylic acids is 2. The Morgan fingerprint density at radius 3 is 1.22 bits per heavy atom. The number of nitrogens with one attached hydrogen (secondary N) is 1. The number of phosphoric ester groups is 1. The van der Waals surface area contributed by atoms with E-state index in [1.807, 2.05) is 0 Å². The van der Waals surface area contributed by atoms with Gasteiger partial charge in [-0.3, -0.25) is 18.6 Å². The van der Waals surface area contributed by atoms with E-state index in [1.165, 1.54) is 180 Å². The molecule has 68 heavy (non-hydrogen) atoms. The maximum absolute atomic E-state index is 12.2. The summed E-state index contributed by atoms with van der Waals surface area (Å²) in [5.74, 6) is -0.517. The van der Waals surface area contributed by atoms with Crippen LogP contribution in [0.2, 0.25) is 0 Å². The van der Waals surface area contributed by atoms with E-state index >= 15 is 0 Å². The number of hydrogen-bond donors (Lipinski definition) is 3. The molecule has 398 valence electrons. The molecule has 0 heterocycles. The molecule has 0 radical (unpaired) electrons. The van der Waals surface area contributed by atoms with Gasteiger partial charge in [0, 0.05) is 19.4 Å². The van der Waals surface area contributed by atoms with Gasteiger partial charge in [-0.2, -0.15) is 0 Å². The molecule has 1 amide bonds. The van der Waals surface area contributed by atoms with Crippen molar-refractivity contribution in [2.45, 2.75) is 283 Å². The van der Waals surface area contributed by atoms with Gasteiger partial charge in [0.1, 0.15) is 12.7 Å². The number of phosphoric acid groups is 1. The topological polar surface area (TPSA) is 131 Å². The van der Waals surface area contributed by atoms with E-state index in [1.54, 1.807) is 0 Å². The summed E-state index contributed by atoms with van der Waals surface area (Å²) in [6, 6.07) is 0. The molecule has 0 aliphatic carbocycles. The van der Waals surface area contributed by atoms with Crippen LogP contribution in [0.5, 0.6) is 0 Å². The lowest BCUT2D eigenvalue weighted by Gasteiger charge is -2.15. The van der Waals surface area contributed by atoms with E-state index in [0.29, 0.717) is 6.42 Å². The molecule has 2 atom stereocenters. The normalized spacial score (nSPS) is 13.4. The number of ether oxygens (including phenoxy) is 1. The van der Waals surface area contributed by atoms with E-state index in [2.05, 4.69) is 67.8 Å². The summed E-state index contributed by atoms with van der Waals surface area (Å²) in [5.41, 5.74) is 0. The van der Waals surface area contributed by atoms with Crippen LogP contribution in [0.25, 0.3) is 0 Å². The Labute approximate surface area is 419 Å². The largest absolute Gasteiger partial charge is 0.472 e. The fraction of sp³-hybridized carbons (Fsp3) is 0.828. The molecule has 0 saturated heterocycles. The maximum atomic E-state index is 12.2. The summed E-state index contributed by atoms with van der Waals surface area (Å²) >= 11 is 0. The molecule has 0 aliphatic heterocycles. The minimum atomic E-state index is -4.43. The maximum Gasteiger partial charge on any atom is 0.472 e. The molecule has 0 saturated carbocycles. The number of amides is 1. The highest BCUT2D eigenvalue weighted by atomic mass is 31.2. The summed E-state index contributed by atoms with van der Waals surface area (Å²) < 4.78 is 27.1. The fourth-order valence-electron chi connectivity index (χ4n) is 8.19. The minimum Gasteiger partial charge on any atom is -0.463 e. The van der Waals surface area contributed by atoms with Crippen molar-refractivity contribution in [2.24, 2.45) is 0 Å². The van der Waals surface area contributed by atoms with Gasteiger partial charge in [-0.15, -0.1) is 0 Å². The van der Waals surface area contributed by atoms with Gasteiger partial charge in [0.2, 0.25) is 5.91 Å². The lowest BCUT2D eigenvalue weighted by atomic mass is 10.0. The van der Waals surface area contributed by atoms with E-state index in [0.717, 1.165) is 70.6 Å². The van der Waals surface area contributed by atoms with Crippen LogP contribution in [0.4, 0.5) is 0 Å². The Kier molecular flexibility index (Phi) is 52.7. The van der Waals surface area contributed by atoms with Crippen LogP contribution >= 0.6 is 7.82 Å². The van der Waals surface area contributed by atoms with Gasteiger partial charge < -0.3 is 20.1 Å². The van der Waals surface area contributed by atoms with Crippen molar-refractivity contribution < 1.29 is 37.9 Å². The van der Waals surface area contributed by atoms with Gasteiger partial charge in [0.05, 0.1) is 13.2 Å². The number of aliphatic hydroxyl groups excluding tert-OH is 1. The number of carbonyl (C=O) groups is 2. The second-order valence-electron chi connectivity index (χ2n) is 19.3. The van der Waals surface area contributed by atoms with Gasteiger partial charge in [0.15, 0.2) is 0 Å². The van der Waals surface area contributed by atoms with Crippen LogP contribution in [0.3, 0.4) is 0 Å². The number of aliphatic hydroxyl groups is 1. The average Bonchev–Trinajstić information content (AvgIpc) is 3.33. The first-order valence-electron chi connectivity index (χ1n) is 28.6. The zero-order valence-corrected chi connectivity index (χ0v) is 45.2. The molecule has 2 unspecified atom stereocenters. The first-order chi connectivity index (χ1) is 33.3. The molecule has 10 heteroatoms. The van der Waals surface area contributed by atoms with Crippen molar-refractivity contribution in [2.75, 3.05) is 26.4 Å². The summed E-state index contributed by atoms with van der Waals surface area (Å²) in [6.45, 7) is 3.56. The van der Waals surface area contributed by atoms with Crippen molar-refractivity contribution in [3.05, 3.63) is 48.6 Å². The Bertz CT molecular complexity index is 1250. The van der Waals surface area contributed by atoms with Crippen LogP contribution in [-0.4, -0.2) is 54.3 Å². The van der Waals surface area contributed by atoms with E-state index in [4.69, 9.17) is 13.8 Å². The number of rotatable bonds is 54. The fourth-order valence-corrected chi connectivity index (χ4v) is 8.95. The lowest BCUT2D eigenvalue weighted by Crippen LogP contribution is -2.27. The quantitative estimate of drug-likeness (QED) is 0.0238. The molecule has 0 fully saturated rings. The van der Waals surface area contributed by atoms with Gasteiger partial charge >= 0.3 is 13.8 Å². The number of esters is 1. The number of allylic oxidation sites excluding steroid dienone is 8. The van der Waals surface area contributed by atoms with Gasteiger partial charge in [-0.25, -0.2) is 4.57 Å². The van der Waals surface area contributed by atoms with Crippen molar-refractivity contribution in [3.63, 3.8) is 0 Å². The molecular formula is C58H108NO8P. The zero-order chi connectivity index (χ0) is 49.5. The zero-order valence-electron chi connectivity index (χ0n) is 44.3. The number of hydrogen-bond acceptors (Lipinski definition) is 7. The standard InChI is InChI=1S/C58H108NO8P/c1-3-5-7-9-11-13-15-17-19-21-23-25-27-29-30-32-34-36-38-40-42-44-46-48-50-57(61)59-52-53-66-68(63,64)67-55-56(60)54-65-58(62)51-49-47-45-43-41-39-37-35-33-31-28-26-24-22-20-18-16-14-12-10-8-6-4-2/h12,14,18,20,24,26,31,33,56,60H,3-11,13,15-17,19,21-23,25,27-30,32,34-55H2,1-2H3,(H,59,61)(H,63,64)/b14-12-,20-18-,26-24-,33-31-. The van der Waals surface area contributed by atoms with Crippen LogP contribution < -0.4 is 5.32 Å². The van der Waals surface area contributed by atoms with Gasteiger partial charge in [0.25, 0.3) is 0 Å². The van der Waals surface area contributed by atoms with Crippen molar-refractivity contribution in [3.8, 4) is 0 Å². The second kappa shape index (κ2) is 54.3. The smallest absolute Gasteiger partial charge is 0.463 e. The Morgan fingerprint density at radius 1 is 0.456 bits per heavy atom. The third-order valence-corrected chi connectivity index (χ3v) is 13.5. The van der Waals surface area contributed by atoms with Crippen LogP contribution in [0.1, 0.15) is 277 Å². The average molecular weight is 978 g/mol. The van der Waals surface area contributed by atoms with Crippen LogP contribution in [0, 0.1) is 0 Å². The molecule has 3 N–H and O–H groups in total. The summed E-state index contributed by atoms with van der Waals surface area (Å²) in [5, 5.41) is 12.8. The lowest BCUT2D eigenvalue weighted by molar-refractivity contribution is -0.147. The molecule has 0 aromatic carbocycles. The Hall–Kier alpha value is -2.03. The molecule has 9 nitrogen and oxygen atoms in total. The van der Waals surface area contributed by atoms with Crippen LogP contribution in [0.15, 0.2) is 48.6 Å². The summed E-state index contributed by atoms with van der Waals surface area (Å²) in [4.78, 5) is 34.2. The summed E-state index contributed by atoms with van der Waals surface area (Å²) in [6.07, 6.45) is 66.3. The monoisotopic (exact) mass is 978 g/mol. The van der Waals surface area contributed by atoms with Gasteiger partial charge in [-0.05, 0) is 57.8 Å². The first-order valence-corrected chi connectivity index (χ1v) is 30.1. The molecule has 0 aromatic heterocycles. The molecular weight excluding hydrogens is 870 g/mol. The van der Waals surface area contributed by atoms with Gasteiger partial charge in [-0.1, -0.05) is 255 Å². The predicted molar refractivity (Wildman–Crippen MR) is 289 cm³/mol. The highest BCUT2D eigenvalue weighted by molar-refractivity contribution is 7.47. The Balaban J connectivity index is 3.54. The third kappa shape index (κ3) is 54.9. The third-order valence-electron chi connectivity index (χ3n) is 12.5. The minimum absolute atomic E-state index is 0.0824. The number of unbranched alkanes of at least 4 members (excludes halogenated alkanes) is 33. The molecule has 0 aromatic rings. The van der Waals surface area contributed by atoms with Crippen molar-refractivity contribution in [1.29, 1.82) is 0 Å². The summed E-state index contributed by atoms with van der Waals surface area (Å²) in [7, 11) is -4.43. The Morgan fingerprint density at radius 2 is 0.794 bits per heavy atom. The van der Waals surface area contributed by atoms with E-state index < -0.39 is 26.5 Å². The molecule has 0 bridgehead atoms. The highest BCUT2D eigenvalue weighted by Gasteiger charge is 2.23. The van der Waals surface area contributed by atoms with Crippen LogP contribution in [-0.2, 0) is 27.9 Å². The molecule has 0 spiro atoms.